The number of aryl methyl sites for hydroxylation is 1. The molecule has 2 rings (SSSR count). The minimum atomic E-state index is 0.629. The third-order valence-corrected chi connectivity index (χ3v) is 4.16. The maximum absolute atomic E-state index is 5.79. The molecule has 1 atom stereocenters. The fourth-order valence-electron chi connectivity index (χ4n) is 2.62. The van der Waals surface area contributed by atoms with Gasteiger partial charge in [0, 0.05) is 19.3 Å². The van der Waals surface area contributed by atoms with Crippen LogP contribution in [0.4, 0.5) is 0 Å². The molecule has 0 radical (unpaired) electrons. The van der Waals surface area contributed by atoms with Crippen molar-refractivity contribution < 1.29 is 4.74 Å². The summed E-state index contributed by atoms with van der Waals surface area (Å²) < 4.78 is 5.79. The van der Waals surface area contributed by atoms with Crippen LogP contribution in [0.1, 0.15) is 44.2 Å². The van der Waals surface area contributed by atoms with Gasteiger partial charge in [0.25, 0.3) is 0 Å². The van der Waals surface area contributed by atoms with Gasteiger partial charge in [-0.05, 0) is 62.1 Å². The van der Waals surface area contributed by atoms with Gasteiger partial charge in [0.05, 0.1) is 0 Å². The SMILES string of the molecule is Cc1ccccc1CC(CCOCC(C)C)CNC1CC1. The Morgan fingerprint density at radius 3 is 2.67 bits per heavy atom. The predicted octanol–water partition coefficient (Wildman–Crippen LogP) is 3.97. The van der Waals surface area contributed by atoms with Crippen LogP contribution in [-0.2, 0) is 11.2 Å². The fraction of sp³-hybridized carbons (Fsp3) is 0.684. The van der Waals surface area contributed by atoms with Crippen molar-refractivity contribution in [1.29, 1.82) is 0 Å². The van der Waals surface area contributed by atoms with Crippen LogP contribution in [0.3, 0.4) is 0 Å². The van der Waals surface area contributed by atoms with E-state index in [0.717, 1.165) is 38.6 Å². The summed E-state index contributed by atoms with van der Waals surface area (Å²) in [6.07, 6.45) is 5.04. The van der Waals surface area contributed by atoms with Gasteiger partial charge in [-0.25, -0.2) is 0 Å². The van der Waals surface area contributed by atoms with Gasteiger partial charge in [0.15, 0.2) is 0 Å². The minimum absolute atomic E-state index is 0.629. The van der Waals surface area contributed by atoms with E-state index in [9.17, 15) is 0 Å². The summed E-state index contributed by atoms with van der Waals surface area (Å²) in [6, 6.07) is 9.57. The summed E-state index contributed by atoms with van der Waals surface area (Å²) >= 11 is 0. The Balaban J connectivity index is 1.80. The van der Waals surface area contributed by atoms with E-state index in [2.05, 4.69) is 50.4 Å². The molecule has 0 bridgehead atoms. The molecular weight excluding hydrogens is 258 g/mol. The van der Waals surface area contributed by atoms with E-state index in [1.54, 1.807) is 0 Å². The number of rotatable bonds is 10. The molecule has 1 aliphatic rings. The van der Waals surface area contributed by atoms with E-state index < -0.39 is 0 Å². The van der Waals surface area contributed by atoms with Gasteiger partial charge >= 0.3 is 0 Å². The van der Waals surface area contributed by atoms with Crippen LogP contribution < -0.4 is 5.32 Å². The first-order valence-electron chi connectivity index (χ1n) is 8.50. The molecule has 118 valence electrons. The Hall–Kier alpha value is -0.860. The molecule has 1 unspecified atom stereocenters. The molecule has 1 saturated carbocycles. The molecule has 0 spiro atoms. The third-order valence-electron chi connectivity index (χ3n) is 4.16. The Morgan fingerprint density at radius 2 is 2.00 bits per heavy atom. The first-order valence-corrected chi connectivity index (χ1v) is 8.50. The van der Waals surface area contributed by atoms with Gasteiger partial charge in [-0.3, -0.25) is 0 Å². The summed E-state index contributed by atoms with van der Waals surface area (Å²) in [5.74, 6) is 1.31. The van der Waals surface area contributed by atoms with Crippen LogP contribution in [0.5, 0.6) is 0 Å². The monoisotopic (exact) mass is 289 g/mol. The molecule has 1 aromatic carbocycles. The van der Waals surface area contributed by atoms with Crippen molar-refractivity contribution in [3.05, 3.63) is 35.4 Å². The first-order chi connectivity index (χ1) is 10.1. The zero-order valence-corrected chi connectivity index (χ0v) is 13.9. The molecule has 21 heavy (non-hydrogen) atoms. The zero-order chi connectivity index (χ0) is 15.1. The lowest BCUT2D eigenvalue weighted by atomic mass is 9.93. The van der Waals surface area contributed by atoms with Crippen molar-refractivity contribution in [2.24, 2.45) is 11.8 Å². The van der Waals surface area contributed by atoms with E-state index in [1.165, 1.54) is 24.0 Å². The summed E-state index contributed by atoms with van der Waals surface area (Å²) in [4.78, 5) is 0. The second-order valence-corrected chi connectivity index (χ2v) is 6.94. The van der Waals surface area contributed by atoms with Gasteiger partial charge in [-0.15, -0.1) is 0 Å². The van der Waals surface area contributed by atoms with Crippen molar-refractivity contribution in [3.63, 3.8) is 0 Å². The quantitative estimate of drug-likeness (QED) is 0.658. The minimum Gasteiger partial charge on any atom is -0.381 e. The molecule has 0 saturated heterocycles. The van der Waals surface area contributed by atoms with Crippen molar-refractivity contribution in [1.82, 2.24) is 5.32 Å². The molecular formula is C19H31NO. The highest BCUT2D eigenvalue weighted by atomic mass is 16.5. The van der Waals surface area contributed by atoms with Crippen LogP contribution in [-0.4, -0.2) is 25.8 Å². The van der Waals surface area contributed by atoms with Crippen LogP contribution in [0.15, 0.2) is 24.3 Å². The molecule has 1 fully saturated rings. The Bertz CT molecular complexity index is 412. The molecule has 0 aliphatic heterocycles. The smallest absolute Gasteiger partial charge is 0.0488 e. The second-order valence-electron chi connectivity index (χ2n) is 6.94. The maximum atomic E-state index is 5.79. The Morgan fingerprint density at radius 1 is 1.24 bits per heavy atom. The largest absolute Gasteiger partial charge is 0.381 e. The normalized spacial score (nSPS) is 16.4. The molecule has 1 aromatic rings. The van der Waals surface area contributed by atoms with Crippen LogP contribution >= 0.6 is 0 Å². The van der Waals surface area contributed by atoms with E-state index in [1.807, 2.05) is 0 Å². The average molecular weight is 289 g/mol. The summed E-state index contributed by atoms with van der Waals surface area (Å²) in [5.41, 5.74) is 2.90. The molecule has 0 heterocycles. The van der Waals surface area contributed by atoms with E-state index in [0.29, 0.717) is 11.8 Å². The molecule has 2 heteroatoms. The van der Waals surface area contributed by atoms with Gasteiger partial charge in [0.1, 0.15) is 0 Å². The Kier molecular flexibility index (Phi) is 6.72. The highest BCUT2D eigenvalue weighted by molar-refractivity contribution is 5.26. The lowest BCUT2D eigenvalue weighted by molar-refractivity contribution is 0.0975. The van der Waals surface area contributed by atoms with Crippen molar-refractivity contribution >= 4 is 0 Å². The third kappa shape index (κ3) is 6.62. The Labute approximate surface area is 130 Å². The van der Waals surface area contributed by atoms with Gasteiger partial charge in [-0.2, -0.15) is 0 Å². The highest BCUT2D eigenvalue weighted by Gasteiger charge is 2.22. The molecule has 1 N–H and O–H groups in total. The number of hydrogen-bond donors (Lipinski definition) is 1. The van der Waals surface area contributed by atoms with Crippen LogP contribution in [0.25, 0.3) is 0 Å². The molecule has 1 aliphatic carbocycles. The molecule has 0 aromatic heterocycles. The topological polar surface area (TPSA) is 21.3 Å². The van der Waals surface area contributed by atoms with Crippen molar-refractivity contribution in [2.75, 3.05) is 19.8 Å². The highest BCUT2D eigenvalue weighted by Crippen LogP contribution is 2.21. The lowest BCUT2D eigenvalue weighted by Gasteiger charge is -2.19. The molecule has 0 amide bonds. The zero-order valence-electron chi connectivity index (χ0n) is 13.9. The first kappa shape index (κ1) is 16.5. The molecule has 2 nitrogen and oxygen atoms in total. The number of ether oxygens (including phenoxy) is 1. The lowest BCUT2D eigenvalue weighted by Crippen LogP contribution is -2.27. The van der Waals surface area contributed by atoms with E-state index in [4.69, 9.17) is 4.74 Å². The van der Waals surface area contributed by atoms with E-state index in [-0.39, 0.29) is 0 Å². The summed E-state index contributed by atoms with van der Waals surface area (Å²) in [5, 5.41) is 3.69. The number of nitrogens with one attached hydrogen (secondary N) is 1. The maximum Gasteiger partial charge on any atom is 0.0488 e. The van der Waals surface area contributed by atoms with Gasteiger partial charge in [0.2, 0.25) is 0 Å². The standard InChI is InChI=1S/C19H31NO/c1-15(2)14-21-11-10-17(13-20-19-8-9-19)12-18-7-5-4-6-16(18)3/h4-7,15,17,19-20H,8-14H2,1-3H3. The van der Waals surface area contributed by atoms with Crippen molar-refractivity contribution in [3.8, 4) is 0 Å². The predicted molar refractivity (Wildman–Crippen MR) is 89.7 cm³/mol. The van der Waals surface area contributed by atoms with Crippen LogP contribution in [0.2, 0.25) is 0 Å². The summed E-state index contributed by atoms with van der Waals surface area (Å²) in [6.45, 7) is 9.53. The van der Waals surface area contributed by atoms with Gasteiger partial charge < -0.3 is 10.1 Å². The van der Waals surface area contributed by atoms with Crippen LogP contribution in [0, 0.1) is 18.8 Å². The van der Waals surface area contributed by atoms with Crippen molar-refractivity contribution in [2.45, 2.75) is 52.5 Å². The van der Waals surface area contributed by atoms with E-state index >= 15 is 0 Å². The summed E-state index contributed by atoms with van der Waals surface area (Å²) in [7, 11) is 0. The number of hydrogen-bond acceptors (Lipinski definition) is 2. The average Bonchev–Trinajstić information content (AvgIpc) is 3.26. The van der Waals surface area contributed by atoms with Gasteiger partial charge in [-0.1, -0.05) is 38.1 Å². The number of benzene rings is 1. The second kappa shape index (κ2) is 8.55. The fourth-order valence-corrected chi connectivity index (χ4v) is 2.62.